The largest absolute Gasteiger partial charge is 0.464 e. The van der Waals surface area contributed by atoms with E-state index in [1.807, 2.05) is 0 Å². The van der Waals surface area contributed by atoms with Crippen molar-refractivity contribution in [2.45, 2.75) is 18.6 Å². The molecule has 5 nitrogen and oxygen atoms in total. The van der Waals surface area contributed by atoms with Gasteiger partial charge in [-0.25, -0.2) is 4.79 Å². The highest BCUT2D eigenvalue weighted by Crippen LogP contribution is 2.11. The molecule has 2 fully saturated rings. The van der Waals surface area contributed by atoms with Crippen molar-refractivity contribution in [3.63, 3.8) is 0 Å². The highest BCUT2D eigenvalue weighted by molar-refractivity contribution is 5.76. The molecule has 1 N–H and O–H groups in total. The summed E-state index contributed by atoms with van der Waals surface area (Å²) in [5.74, 6) is -0.242. The quantitative estimate of drug-likeness (QED) is 0.612. The second-order valence-corrected chi connectivity index (χ2v) is 3.48. The molecule has 0 bridgehead atoms. The van der Waals surface area contributed by atoms with Gasteiger partial charge < -0.3 is 19.5 Å². The molecule has 0 amide bonds. The molecule has 80 valence electrons. The summed E-state index contributed by atoms with van der Waals surface area (Å²) in [7, 11) is 0. The van der Waals surface area contributed by atoms with Gasteiger partial charge in [-0.15, -0.1) is 0 Å². The van der Waals surface area contributed by atoms with Gasteiger partial charge in [0, 0.05) is 19.5 Å². The van der Waals surface area contributed by atoms with E-state index in [4.69, 9.17) is 14.2 Å². The summed E-state index contributed by atoms with van der Waals surface area (Å²) in [6.07, 6.45) is 0.358. The van der Waals surface area contributed by atoms with Gasteiger partial charge in [-0.1, -0.05) is 0 Å². The van der Waals surface area contributed by atoms with E-state index in [9.17, 15) is 4.79 Å². The summed E-state index contributed by atoms with van der Waals surface area (Å²) in [4.78, 5) is 11.0. The van der Waals surface area contributed by atoms with E-state index in [1.54, 1.807) is 0 Å². The highest BCUT2D eigenvalue weighted by atomic mass is 16.6. The molecule has 14 heavy (non-hydrogen) atoms. The van der Waals surface area contributed by atoms with E-state index in [-0.39, 0.29) is 18.2 Å². The van der Waals surface area contributed by atoms with Gasteiger partial charge in [0.2, 0.25) is 0 Å². The third-order valence-corrected chi connectivity index (χ3v) is 2.37. The van der Waals surface area contributed by atoms with Crippen molar-refractivity contribution in [3.05, 3.63) is 0 Å². The Morgan fingerprint density at radius 2 is 2.43 bits per heavy atom. The maximum atomic E-state index is 11.0. The van der Waals surface area contributed by atoms with Crippen LogP contribution in [-0.4, -0.2) is 51.1 Å². The van der Waals surface area contributed by atoms with Crippen LogP contribution in [0.4, 0.5) is 0 Å². The fourth-order valence-corrected chi connectivity index (χ4v) is 1.58. The SMILES string of the molecule is O=C1OCCC1OCC1CNCCO1. The van der Waals surface area contributed by atoms with Crippen LogP contribution in [0.5, 0.6) is 0 Å². The number of rotatable bonds is 3. The van der Waals surface area contributed by atoms with Crippen LogP contribution in [0.15, 0.2) is 0 Å². The van der Waals surface area contributed by atoms with E-state index in [0.717, 1.165) is 13.1 Å². The lowest BCUT2D eigenvalue weighted by molar-refractivity contribution is -0.149. The van der Waals surface area contributed by atoms with Crippen molar-refractivity contribution < 1.29 is 19.0 Å². The Bertz CT molecular complexity index is 203. The van der Waals surface area contributed by atoms with Gasteiger partial charge >= 0.3 is 5.97 Å². The van der Waals surface area contributed by atoms with Crippen molar-refractivity contribution in [2.75, 3.05) is 32.9 Å². The number of hydrogen-bond donors (Lipinski definition) is 1. The highest BCUT2D eigenvalue weighted by Gasteiger charge is 2.28. The van der Waals surface area contributed by atoms with Crippen LogP contribution in [-0.2, 0) is 19.0 Å². The van der Waals surface area contributed by atoms with Crippen LogP contribution in [0.25, 0.3) is 0 Å². The molecule has 0 aromatic heterocycles. The van der Waals surface area contributed by atoms with Gasteiger partial charge in [0.25, 0.3) is 0 Å². The predicted octanol–water partition coefficient (Wildman–Crippen LogP) is -0.693. The fourth-order valence-electron chi connectivity index (χ4n) is 1.58. The molecule has 0 aliphatic carbocycles. The maximum absolute atomic E-state index is 11.0. The number of esters is 1. The van der Waals surface area contributed by atoms with Crippen molar-refractivity contribution in [3.8, 4) is 0 Å². The Kier molecular flexibility index (Phi) is 3.34. The topological polar surface area (TPSA) is 56.8 Å². The first-order valence-corrected chi connectivity index (χ1v) is 4.97. The standard InChI is InChI=1S/C9H15NO4/c11-9-8(1-3-13-9)14-6-7-5-10-2-4-12-7/h7-8,10H,1-6H2. The molecule has 0 saturated carbocycles. The maximum Gasteiger partial charge on any atom is 0.335 e. The van der Waals surface area contributed by atoms with E-state index in [1.165, 1.54) is 0 Å². The van der Waals surface area contributed by atoms with Crippen molar-refractivity contribution in [2.24, 2.45) is 0 Å². The Hall–Kier alpha value is -0.650. The zero-order valence-corrected chi connectivity index (χ0v) is 8.03. The van der Waals surface area contributed by atoms with Crippen molar-refractivity contribution in [1.29, 1.82) is 0 Å². The summed E-state index contributed by atoms with van der Waals surface area (Å²) in [5.41, 5.74) is 0. The molecule has 2 aliphatic heterocycles. The van der Waals surface area contributed by atoms with Gasteiger partial charge in [-0.05, 0) is 0 Å². The van der Waals surface area contributed by atoms with Crippen molar-refractivity contribution in [1.82, 2.24) is 5.32 Å². The minimum absolute atomic E-state index is 0.0668. The van der Waals surface area contributed by atoms with Crippen LogP contribution < -0.4 is 5.32 Å². The molecule has 0 aromatic carbocycles. The molecule has 0 spiro atoms. The Labute approximate surface area is 82.7 Å². The average molecular weight is 201 g/mol. The minimum Gasteiger partial charge on any atom is -0.464 e. The molecule has 2 saturated heterocycles. The van der Waals surface area contributed by atoms with Gasteiger partial charge in [0.15, 0.2) is 6.10 Å². The third kappa shape index (κ3) is 2.43. The smallest absolute Gasteiger partial charge is 0.335 e. The lowest BCUT2D eigenvalue weighted by atomic mass is 10.3. The number of hydrogen-bond acceptors (Lipinski definition) is 5. The Morgan fingerprint density at radius 3 is 3.07 bits per heavy atom. The number of nitrogens with one attached hydrogen (secondary N) is 1. The molecule has 2 rings (SSSR count). The average Bonchev–Trinajstić information content (AvgIpc) is 2.63. The normalized spacial score (nSPS) is 33.0. The van der Waals surface area contributed by atoms with E-state index >= 15 is 0 Å². The van der Waals surface area contributed by atoms with E-state index in [2.05, 4.69) is 5.32 Å². The van der Waals surface area contributed by atoms with Crippen LogP contribution in [0, 0.1) is 0 Å². The zero-order valence-electron chi connectivity index (χ0n) is 8.03. The summed E-state index contributed by atoms with van der Waals surface area (Å²) >= 11 is 0. The molecule has 2 aliphatic rings. The monoisotopic (exact) mass is 201 g/mol. The van der Waals surface area contributed by atoms with Crippen LogP contribution in [0.2, 0.25) is 0 Å². The molecular formula is C9H15NO4. The Balaban J connectivity index is 1.68. The van der Waals surface area contributed by atoms with Crippen LogP contribution >= 0.6 is 0 Å². The van der Waals surface area contributed by atoms with Gasteiger partial charge in [-0.2, -0.15) is 0 Å². The zero-order chi connectivity index (χ0) is 9.80. The minimum atomic E-state index is -0.375. The van der Waals surface area contributed by atoms with Crippen LogP contribution in [0.1, 0.15) is 6.42 Å². The van der Waals surface area contributed by atoms with Crippen LogP contribution in [0.3, 0.4) is 0 Å². The number of carbonyl (C=O) groups excluding carboxylic acids is 1. The summed E-state index contributed by atoms with van der Waals surface area (Å²) in [5, 5.41) is 3.20. The lowest BCUT2D eigenvalue weighted by Gasteiger charge is -2.24. The second-order valence-electron chi connectivity index (χ2n) is 3.48. The van der Waals surface area contributed by atoms with Gasteiger partial charge in [0.1, 0.15) is 0 Å². The molecule has 0 radical (unpaired) electrons. The number of carbonyl (C=O) groups is 1. The molecule has 0 aromatic rings. The molecule has 2 unspecified atom stereocenters. The van der Waals surface area contributed by atoms with E-state index < -0.39 is 0 Å². The number of morpholine rings is 1. The summed E-state index contributed by atoms with van der Waals surface area (Å²) < 4.78 is 15.6. The summed E-state index contributed by atoms with van der Waals surface area (Å²) in [6, 6.07) is 0. The summed E-state index contributed by atoms with van der Waals surface area (Å²) in [6.45, 7) is 3.34. The number of cyclic esters (lactones) is 1. The molecular weight excluding hydrogens is 186 g/mol. The first kappa shape index (κ1) is 9.89. The Morgan fingerprint density at radius 1 is 1.50 bits per heavy atom. The number of ether oxygens (including phenoxy) is 3. The molecule has 2 atom stereocenters. The third-order valence-electron chi connectivity index (χ3n) is 2.37. The van der Waals surface area contributed by atoms with Gasteiger partial charge in [0.05, 0.1) is 25.9 Å². The molecule has 2 heterocycles. The first-order chi connectivity index (χ1) is 6.86. The fraction of sp³-hybridized carbons (Fsp3) is 0.889. The molecule has 5 heteroatoms. The second kappa shape index (κ2) is 4.72. The first-order valence-electron chi connectivity index (χ1n) is 4.97. The van der Waals surface area contributed by atoms with Crippen molar-refractivity contribution >= 4 is 5.97 Å². The van der Waals surface area contributed by atoms with Gasteiger partial charge in [-0.3, -0.25) is 0 Å². The van der Waals surface area contributed by atoms with E-state index in [0.29, 0.717) is 26.2 Å². The predicted molar refractivity (Wildman–Crippen MR) is 47.9 cm³/mol. The lowest BCUT2D eigenvalue weighted by Crippen LogP contribution is -2.42.